The molecular weight excluding hydrogens is 192 g/mol. The quantitative estimate of drug-likeness (QED) is 0.568. The molecule has 0 radical (unpaired) electrons. The van der Waals surface area contributed by atoms with Gasteiger partial charge in [0.2, 0.25) is 0 Å². The van der Waals surface area contributed by atoms with Crippen LogP contribution in [-0.4, -0.2) is 23.3 Å². The maximum absolute atomic E-state index is 11.5. The molecule has 0 heterocycles. The summed E-state index contributed by atoms with van der Waals surface area (Å²) in [6.07, 6.45) is 0.639. The molecular formula is C12H14O3. The van der Waals surface area contributed by atoms with Gasteiger partial charge in [-0.25, -0.2) is 0 Å². The van der Waals surface area contributed by atoms with E-state index in [1.165, 1.54) is 0 Å². The van der Waals surface area contributed by atoms with Crippen molar-refractivity contribution in [2.75, 3.05) is 6.61 Å². The largest absolute Gasteiger partial charge is 0.396 e. The summed E-state index contributed by atoms with van der Waals surface area (Å²) in [6, 6.07) is 8.75. The molecule has 0 atom stereocenters. The first-order valence-corrected chi connectivity index (χ1v) is 4.95. The Kier molecular flexibility index (Phi) is 4.71. The molecule has 0 aliphatic carbocycles. The summed E-state index contributed by atoms with van der Waals surface area (Å²) in [7, 11) is 0. The van der Waals surface area contributed by atoms with Gasteiger partial charge in [-0.3, -0.25) is 9.59 Å². The Morgan fingerprint density at radius 3 is 2.40 bits per heavy atom. The number of rotatable bonds is 6. The van der Waals surface area contributed by atoms with Crippen LogP contribution in [0, 0.1) is 0 Å². The summed E-state index contributed by atoms with van der Waals surface area (Å²) in [6.45, 7) is -0.00866. The fraction of sp³-hybridized carbons (Fsp3) is 0.333. The van der Waals surface area contributed by atoms with Crippen LogP contribution >= 0.6 is 0 Å². The second-order valence-electron chi connectivity index (χ2n) is 3.33. The van der Waals surface area contributed by atoms with Crippen LogP contribution in [0.2, 0.25) is 0 Å². The molecule has 0 unspecified atom stereocenters. The van der Waals surface area contributed by atoms with Crippen molar-refractivity contribution in [3.8, 4) is 0 Å². The highest BCUT2D eigenvalue weighted by Gasteiger charge is 2.10. The van der Waals surface area contributed by atoms with Crippen molar-refractivity contribution in [3.63, 3.8) is 0 Å². The Bertz CT molecular complexity index is 330. The number of Topliss-reactive ketones (excluding diaryl/α,β-unsaturated/α-hetero) is 2. The van der Waals surface area contributed by atoms with Crippen LogP contribution in [0.4, 0.5) is 0 Å². The summed E-state index contributed by atoms with van der Waals surface area (Å²) >= 11 is 0. The number of carbonyl (C=O) groups excluding carboxylic acids is 2. The smallest absolute Gasteiger partial charge is 0.170 e. The third-order valence-electron chi connectivity index (χ3n) is 2.07. The number of aliphatic hydroxyl groups is 1. The molecule has 0 aliphatic rings. The highest BCUT2D eigenvalue weighted by Crippen LogP contribution is 2.05. The minimum atomic E-state index is -0.154. The molecule has 0 bridgehead atoms. The first-order chi connectivity index (χ1) is 7.24. The topological polar surface area (TPSA) is 54.4 Å². The van der Waals surface area contributed by atoms with E-state index >= 15 is 0 Å². The van der Waals surface area contributed by atoms with Crippen molar-refractivity contribution in [2.45, 2.75) is 19.3 Å². The van der Waals surface area contributed by atoms with Crippen molar-refractivity contribution < 1.29 is 14.7 Å². The minimum Gasteiger partial charge on any atom is -0.396 e. The Balaban J connectivity index is 2.46. The SMILES string of the molecule is O=C(CCCO)CC(=O)c1ccccc1. The van der Waals surface area contributed by atoms with E-state index in [1.807, 2.05) is 6.07 Å². The standard InChI is InChI=1S/C12H14O3/c13-8-4-7-11(14)9-12(15)10-5-2-1-3-6-10/h1-3,5-6,13H,4,7-9H2. The van der Waals surface area contributed by atoms with Crippen molar-refractivity contribution in [1.82, 2.24) is 0 Å². The second kappa shape index (κ2) is 6.09. The van der Waals surface area contributed by atoms with E-state index in [-0.39, 0.29) is 31.0 Å². The third kappa shape index (κ3) is 4.04. The van der Waals surface area contributed by atoms with Gasteiger partial charge in [-0.1, -0.05) is 30.3 Å². The lowest BCUT2D eigenvalue weighted by atomic mass is 10.0. The van der Waals surface area contributed by atoms with Gasteiger partial charge in [-0.05, 0) is 6.42 Å². The zero-order chi connectivity index (χ0) is 11.1. The highest BCUT2D eigenvalue weighted by molar-refractivity contribution is 6.07. The van der Waals surface area contributed by atoms with Crippen LogP contribution < -0.4 is 0 Å². The Hall–Kier alpha value is -1.48. The summed E-state index contributed by atoms with van der Waals surface area (Å²) in [4.78, 5) is 22.8. The molecule has 0 aromatic heterocycles. The third-order valence-corrected chi connectivity index (χ3v) is 2.07. The molecule has 80 valence electrons. The Morgan fingerprint density at radius 1 is 1.13 bits per heavy atom. The normalized spacial score (nSPS) is 9.93. The van der Waals surface area contributed by atoms with Gasteiger partial charge in [-0.15, -0.1) is 0 Å². The summed E-state index contributed by atoms with van der Waals surface area (Å²) < 4.78 is 0. The molecule has 1 rings (SSSR count). The zero-order valence-corrected chi connectivity index (χ0v) is 8.48. The molecule has 1 aromatic carbocycles. The number of benzene rings is 1. The number of ketones is 2. The van der Waals surface area contributed by atoms with Gasteiger partial charge in [0.15, 0.2) is 5.78 Å². The molecule has 0 fully saturated rings. The molecule has 1 aromatic rings. The maximum Gasteiger partial charge on any atom is 0.170 e. The first-order valence-electron chi connectivity index (χ1n) is 4.95. The zero-order valence-electron chi connectivity index (χ0n) is 8.48. The Morgan fingerprint density at radius 2 is 1.80 bits per heavy atom. The van der Waals surface area contributed by atoms with Crippen LogP contribution in [0.25, 0.3) is 0 Å². The molecule has 3 nitrogen and oxygen atoms in total. The van der Waals surface area contributed by atoms with Crippen LogP contribution in [0.15, 0.2) is 30.3 Å². The molecule has 0 saturated carbocycles. The van der Waals surface area contributed by atoms with E-state index < -0.39 is 0 Å². The molecule has 0 amide bonds. The molecule has 1 N–H and O–H groups in total. The van der Waals surface area contributed by atoms with Gasteiger partial charge in [0.05, 0.1) is 6.42 Å². The van der Waals surface area contributed by atoms with Crippen LogP contribution in [-0.2, 0) is 4.79 Å². The summed E-state index contributed by atoms with van der Waals surface area (Å²) in [5.74, 6) is -0.267. The van der Waals surface area contributed by atoms with E-state index in [1.54, 1.807) is 24.3 Å². The van der Waals surface area contributed by atoms with Crippen LogP contribution in [0.1, 0.15) is 29.6 Å². The minimum absolute atomic E-state index is 0.00866. The monoisotopic (exact) mass is 206 g/mol. The van der Waals surface area contributed by atoms with E-state index in [2.05, 4.69) is 0 Å². The fourth-order valence-electron chi connectivity index (χ4n) is 1.27. The maximum atomic E-state index is 11.5. The molecule has 0 saturated heterocycles. The molecule has 15 heavy (non-hydrogen) atoms. The number of hydrogen-bond donors (Lipinski definition) is 1. The lowest BCUT2D eigenvalue weighted by molar-refractivity contribution is -0.118. The van der Waals surface area contributed by atoms with E-state index in [0.29, 0.717) is 12.0 Å². The number of carbonyl (C=O) groups is 2. The second-order valence-corrected chi connectivity index (χ2v) is 3.33. The van der Waals surface area contributed by atoms with Gasteiger partial charge in [0.25, 0.3) is 0 Å². The van der Waals surface area contributed by atoms with E-state index in [9.17, 15) is 9.59 Å². The van der Waals surface area contributed by atoms with Gasteiger partial charge in [0, 0.05) is 18.6 Å². The average molecular weight is 206 g/mol. The van der Waals surface area contributed by atoms with Crippen molar-refractivity contribution in [3.05, 3.63) is 35.9 Å². The fourth-order valence-corrected chi connectivity index (χ4v) is 1.27. The lowest BCUT2D eigenvalue weighted by Crippen LogP contribution is -2.08. The first kappa shape index (κ1) is 11.6. The lowest BCUT2D eigenvalue weighted by Gasteiger charge is -1.99. The summed E-state index contributed by atoms with van der Waals surface area (Å²) in [5.41, 5.74) is 0.565. The predicted octanol–water partition coefficient (Wildman–Crippen LogP) is 1.60. The molecule has 0 spiro atoms. The van der Waals surface area contributed by atoms with Crippen LogP contribution in [0.3, 0.4) is 0 Å². The molecule has 3 heteroatoms. The van der Waals surface area contributed by atoms with E-state index in [0.717, 1.165) is 0 Å². The van der Waals surface area contributed by atoms with E-state index in [4.69, 9.17) is 5.11 Å². The van der Waals surface area contributed by atoms with Gasteiger partial charge in [0.1, 0.15) is 5.78 Å². The predicted molar refractivity (Wildman–Crippen MR) is 56.7 cm³/mol. The van der Waals surface area contributed by atoms with Gasteiger partial charge >= 0.3 is 0 Å². The number of hydrogen-bond acceptors (Lipinski definition) is 3. The van der Waals surface area contributed by atoms with Gasteiger partial charge in [-0.2, -0.15) is 0 Å². The Labute approximate surface area is 88.7 Å². The van der Waals surface area contributed by atoms with Crippen molar-refractivity contribution in [2.24, 2.45) is 0 Å². The highest BCUT2D eigenvalue weighted by atomic mass is 16.3. The number of aliphatic hydroxyl groups excluding tert-OH is 1. The average Bonchev–Trinajstić information content (AvgIpc) is 2.27. The summed E-state index contributed by atoms with van der Waals surface area (Å²) in [5, 5.41) is 8.53. The van der Waals surface area contributed by atoms with Crippen LogP contribution in [0.5, 0.6) is 0 Å². The van der Waals surface area contributed by atoms with Crippen molar-refractivity contribution in [1.29, 1.82) is 0 Å². The van der Waals surface area contributed by atoms with Crippen molar-refractivity contribution >= 4 is 11.6 Å². The molecule has 0 aliphatic heterocycles. The van der Waals surface area contributed by atoms with Gasteiger partial charge < -0.3 is 5.11 Å².